The van der Waals surface area contributed by atoms with E-state index in [0.717, 1.165) is 12.8 Å². The zero-order chi connectivity index (χ0) is 11.0. The third-order valence-corrected chi connectivity index (χ3v) is 2.89. The highest BCUT2D eigenvalue weighted by Crippen LogP contribution is 2.23. The standard InChI is InChI=1S/C10H23N3O/c1-4-10(5-2,7-11)8-13-9(14)12-6-3/h4-8,11H2,1-3H3,(H2,12,13,14). The third kappa shape index (κ3) is 3.96. The summed E-state index contributed by atoms with van der Waals surface area (Å²) < 4.78 is 0. The van der Waals surface area contributed by atoms with E-state index in [1.807, 2.05) is 6.92 Å². The highest BCUT2D eigenvalue weighted by Gasteiger charge is 2.24. The minimum atomic E-state index is -0.104. The van der Waals surface area contributed by atoms with Crippen LogP contribution in [-0.4, -0.2) is 25.7 Å². The van der Waals surface area contributed by atoms with E-state index >= 15 is 0 Å². The van der Waals surface area contributed by atoms with Gasteiger partial charge in [0.1, 0.15) is 0 Å². The Balaban J connectivity index is 3.99. The minimum absolute atomic E-state index is 0.0606. The van der Waals surface area contributed by atoms with E-state index < -0.39 is 0 Å². The van der Waals surface area contributed by atoms with Crippen molar-refractivity contribution in [2.24, 2.45) is 11.1 Å². The number of carbonyl (C=O) groups is 1. The van der Waals surface area contributed by atoms with Gasteiger partial charge in [-0.05, 0) is 31.7 Å². The van der Waals surface area contributed by atoms with Crippen molar-refractivity contribution in [1.82, 2.24) is 10.6 Å². The van der Waals surface area contributed by atoms with Crippen molar-refractivity contribution in [1.29, 1.82) is 0 Å². The molecule has 0 unspecified atom stereocenters. The summed E-state index contributed by atoms with van der Waals surface area (Å²) in [6.45, 7) is 8.04. The lowest BCUT2D eigenvalue weighted by Crippen LogP contribution is -2.45. The fourth-order valence-corrected chi connectivity index (χ4v) is 1.35. The van der Waals surface area contributed by atoms with Crippen LogP contribution in [0.15, 0.2) is 0 Å². The van der Waals surface area contributed by atoms with Crippen molar-refractivity contribution < 1.29 is 4.79 Å². The van der Waals surface area contributed by atoms with Crippen LogP contribution in [0, 0.1) is 5.41 Å². The van der Waals surface area contributed by atoms with E-state index in [1.54, 1.807) is 0 Å². The number of urea groups is 1. The number of nitrogens with one attached hydrogen (secondary N) is 2. The number of rotatable bonds is 6. The zero-order valence-electron chi connectivity index (χ0n) is 9.52. The van der Waals surface area contributed by atoms with E-state index in [4.69, 9.17) is 5.73 Å². The molecule has 0 spiro atoms. The maximum absolute atomic E-state index is 11.2. The molecule has 0 aliphatic carbocycles. The van der Waals surface area contributed by atoms with E-state index in [9.17, 15) is 4.79 Å². The van der Waals surface area contributed by atoms with Crippen LogP contribution < -0.4 is 16.4 Å². The van der Waals surface area contributed by atoms with Crippen molar-refractivity contribution in [3.05, 3.63) is 0 Å². The molecule has 0 aliphatic heterocycles. The molecule has 0 aromatic heterocycles. The van der Waals surface area contributed by atoms with Crippen molar-refractivity contribution in [3.63, 3.8) is 0 Å². The molecule has 0 atom stereocenters. The Hall–Kier alpha value is -0.770. The second kappa shape index (κ2) is 6.65. The molecule has 0 aliphatic rings. The summed E-state index contributed by atoms with van der Waals surface area (Å²) >= 11 is 0. The van der Waals surface area contributed by atoms with Crippen LogP contribution in [-0.2, 0) is 0 Å². The smallest absolute Gasteiger partial charge is 0.314 e. The zero-order valence-corrected chi connectivity index (χ0v) is 9.52. The lowest BCUT2D eigenvalue weighted by molar-refractivity contribution is 0.223. The van der Waals surface area contributed by atoms with Crippen LogP contribution in [0.2, 0.25) is 0 Å². The molecule has 0 fully saturated rings. The summed E-state index contributed by atoms with van der Waals surface area (Å²) in [5.41, 5.74) is 5.78. The average Bonchev–Trinajstić information content (AvgIpc) is 2.21. The Bertz CT molecular complexity index is 158. The number of hydrogen-bond acceptors (Lipinski definition) is 2. The van der Waals surface area contributed by atoms with Crippen molar-refractivity contribution in [2.45, 2.75) is 33.6 Å². The first kappa shape index (κ1) is 13.2. The second-order valence-electron chi connectivity index (χ2n) is 3.62. The number of amides is 2. The van der Waals surface area contributed by atoms with Gasteiger partial charge in [-0.15, -0.1) is 0 Å². The van der Waals surface area contributed by atoms with E-state index in [0.29, 0.717) is 19.6 Å². The van der Waals surface area contributed by atoms with Gasteiger partial charge in [-0.2, -0.15) is 0 Å². The van der Waals surface area contributed by atoms with E-state index in [1.165, 1.54) is 0 Å². The molecule has 0 aromatic carbocycles. The molecule has 84 valence electrons. The van der Waals surface area contributed by atoms with Crippen LogP contribution in [0.25, 0.3) is 0 Å². The molecular weight excluding hydrogens is 178 g/mol. The first-order valence-electron chi connectivity index (χ1n) is 5.36. The van der Waals surface area contributed by atoms with Crippen LogP contribution in [0.3, 0.4) is 0 Å². The van der Waals surface area contributed by atoms with Crippen LogP contribution in [0.5, 0.6) is 0 Å². The number of hydrogen-bond donors (Lipinski definition) is 3. The third-order valence-electron chi connectivity index (χ3n) is 2.89. The quantitative estimate of drug-likeness (QED) is 0.602. The van der Waals surface area contributed by atoms with Crippen molar-refractivity contribution >= 4 is 6.03 Å². The number of nitrogens with two attached hydrogens (primary N) is 1. The Kier molecular flexibility index (Phi) is 6.28. The van der Waals surface area contributed by atoms with Gasteiger partial charge in [0.15, 0.2) is 0 Å². The molecule has 0 heterocycles. The van der Waals surface area contributed by atoms with Gasteiger partial charge in [0.05, 0.1) is 0 Å². The first-order chi connectivity index (χ1) is 6.64. The van der Waals surface area contributed by atoms with E-state index in [2.05, 4.69) is 24.5 Å². The fraction of sp³-hybridized carbons (Fsp3) is 0.900. The molecule has 4 nitrogen and oxygen atoms in total. The molecule has 4 heteroatoms. The molecule has 0 bridgehead atoms. The van der Waals surface area contributed by atoms with Gasteiger partial charge < -0.3 is 16.4 Å². The van der Waals surface area contributed by atoms with Gasteiger partial charge >= 0.3 is 6.03 Å². The lowest BCUT2D eigenvalue weighted by Gasteiger charge is -2.30. The minimum Gasteiger partial charge on any atom is -0.338 e. The SMILES string of the molecule is CCNC(=O)NCC(CC)(CC)CN. The monoisotopic (exact) mass is 201 g/mol. The van der Waals surface area contributed by atoms with Crippen LogP contribution >= 0.6 is 0 Å². The highest BCUT2D eigenvalue weighted by molar-refractivity contribution is 5.73. The van der Waals surface area contributed by atoms with Gasteiger partial charge in [-0.25, -0.2) is 4.79 Å². The molecule has 2 amide bonds. The number of carbonyl (C=O) groups excluding carboxylic acids is 1. The topological polar surface area (TPSA) is 67.2 Å². The van der Waals surface area contributed by atoms with Crippen molar-refractivity contribution in [3.8, 4) is 0 Å². The largest absolute Gasteiger partial charge is 0.338 e. The summed E-state index contributed by atoms with van der Waals surface area (Å²) in [5.74, 6) is 0. The predicted octanol–water partition coefficient (Wildman–Crippen LogP) is 1.07. The molecular formula is C10H23N3O. The van der Waals surface area contributed by atoms with Crippen LogP contribution in [0.4, 0.5) is 4.79 Å². The van der Waals surface area contributed by atoms with Gasteiger partial charge in [-0.1, -0.05) is 13.8 Å². The summed E-state index contributed by atoms with van der Waals surface area (Å²) in [6, 6.07) is -0.104. The normalized spacial score (nSPS) is 11.1. The van der Waals surface area contributed by atoms with Gasteiger partial charge in [0, 0.05) is 13.1 Å². The van der Waals surface area contributed by atoms with Crippen LogP contribution in [0.1, 0.15) is 33.6 Å². The molecule has 14 heavy (non-hydrogen) atoms. The van der Waals surface area contributed by atoms with Gasteiger partial charge in [-0.3, -0.25) is 0 Å². The molecule has 0 rings (SSSR count). The van der Waals surface area contributed by atoms with Gasteiger partial charge in [0.25, 0.3) is 0 Å². The Morgan fingerprint density at radius 1 is 1.21 bits per heavy atom. The average molecular weight is 201 g/mol. The summed E-state index contributed by atoms with van der Waals surface area (Å²) in [6.07, 6.45) is 1.98. The Labute approximate surface area is 86.6 Å². The predicted molar refractivity (Wildman–Crippen MR) is 59.1 cm³/mol. The first-order valence-corrected chi connectivity index (χ1v) is 5.36. The Morgan fingerprint density at radius 3 is 2.14 bits per heavy atom. The maximum atomic E-state index is 11.2. The van der Waals surface area contributed by atoms with Crippen molar-refractivity contribution in [2.75, 3.05) is 19.6 Å². The fourth-order valence-electron chi connectivity index (χ4n) is 1.35. The molecule has 0 saturated carbocycles. The molecule has 0 radical (unpaired) electrons. The molecule has 0 aromatic rings. The molecule has 0 saturated heterocycles. The Morgan fingerprint density at radius 2 is 1.79 bits per heavy atom. The molecule has 4 N–H and O–H groups in total. The highest BCUT2D eigenvalue weighted by atomic mass is 16.2. The second-order valence-corrected chi connectivity index (χ2v) is 3.62. The van der Waals surface area contributed by atoms with E-state index in [-0.39, 0.29) is 11.4 Å². The maximum Gasteiger partial charge on any atom is 0.314 e. The van der Waals surface area contributed by atoms with Gasteiger partial charge in [0.2, 0.25) is 0 Å². The lowest BCUT2D eigenvalue weighted by atomic mass is 9.82. The summed E-state index contributed by atoms with van der Waals surface area (Å²) in [7, 11) is 0. The summed E-state index contributed by atoms with van der Waals surface area (Å²) in [5, 5.41) is 5.55. The summed E-state index contributed by atoms with van der Waals surface area (Å²) in [4.78, 5) is 11.2.